The van der Waals surface area contributed by atoms with E-state index in [1.807, 2.05) is 4.57 Å². The highest BCUT2D eigenvalue weighted by Gasteiger charge is 2.34. The lowest BCUT2D eigenvalue weighted by molar-refractivity contribution is -0.140. The number of nitrogens with one attached hydrogen (secondary N) is 2. The molecule has 0 radical (unpaired) electrons. The average Bonchev–Trinajstić information content (AvgIpc) is 3.59. The number of hydrogen-bond donors (Lipinski definition) is 2. The van der Waals surface area contributed by atoms with Crippen LogP contribution >= 0.6 is 11.3 Å². The van der Waals surface area contributed by atoms with Crippen molar-refractivity contribution in [2.75, 3.05) is 18.5 Å². The number of carbonyl (C=O) groups is 2. The van der Waals surface area contributed by atoms with Crippen LogP contribution in [0, 0.1) is 5.92 Å². The van der Waals surface area contributed by atoms with Crippen LogP contribution in [0.1, 0.15) is 45.6 Å². The molecular formula is C28H30F3N5O4S. The number of rotatable bonds is 8. The number of benzene rings is 1. The van der Waals surface area contributed by atoms with Crippen molar-refractivity contribution in [1.29, 1.82) is 0 Å². The molecule has 1 aliphatic carbocycles. The Morgan fingerprint density at radius 2 is 1.98 bits per heavy atom. The second-order valence-electron chi connectivity index (χ2n) is 9.56. The van der Waals surface area contributed by atoms with Gasteiger partial charge in [-0.25, -0.2) is 19.6 Å². The number of fused-ring (bicyclic) bond motifs is 1. The normalized spacial score (nSPS) is 13.3. The summed E-state index contributed by atoms with van der Waals surface area (Å²) in [6, 6.07) is 5.95. The number of alkyl halides is 3. The summed E-state index contributed by atoms with van der Waals surface area (Å²) < 4.78 is 47.1. The fraction of sp³-hybridized carbons (Fsp3) is 0.321. The highest BCUT2D eigenvalue weighted by Crippen LogP contribution is 2.39. The van der Waals surface area contributed by atoms with Crippen molar-refractivity contribution in [3.05, 3.63) is 63.5 Å². The molecule has 0 spiro atoms. The number of nitrogens with zero attached hydrogens (tertiary/aromatic N) is 3. The Bertz CT molecular complexity index is 1710. The number of anilines is 1. The van der Waals surface area contributed by atoms with Crippen molar-refractivity contribution in [3.63, 3.8) is 0 Å². The third kappa shape index (κ3) is 6.09. The molecule has 4 aromatic rings. The Hall–Kier alpha value is -4.26. The first-order valence-corrected chi connectivity index (χ1v) is 13.9. The molecule has 3 aromatic heterocycles. The maximum absolute atomic E-state index is 13.4. The van der Waals surface area contributed by atoms with Crippen LogP contribution in [-0.2, 0) is 17.5 Å². The van der Waals surface area contributed by atoms with Crippen molar-refractivity contribution < 1.29 is 30.4 Å². The van der Waals surface area contributed by atoms with E-state index in [-0.39, 0.29) is 25.8 Å². The van der Waals surface area contributed by atoms with Crippen molar-refractivity contribution in [3.8, 4) is 21.7 Å². The molecule has 13 heteroatoms. The van der Waals surface area contributed by atoms with E-state index >= 15 is 0 Å². The number of aromatic nitrogens is 3. The van der Waals surface area contributed by atoms with Gasteiger partial charge in [-0.3, -0.25) is 10.1 Å². The zero-order chi connectivity index (χ0) is 29.3. The minimum Gasteiger partial charge on any atom is -0.462 e. The molecule has 41 heavy (non-hydrogen) atoms. The first-order valence-electron chi connectivity index (χ1n) is 13.0. The van der Waals surface area contributed by atoms with Crippen LogP contribution < -0.4 is 16.1 Å². The Kier molecular flexibility index (Phi) is 7.80. The van der Waals surface area contributed by atoms with Gasteiger partial charge in [0.2, 0.25) is 5.43 Å². The Balaban J connectivity index is 0.00000253. The van der Waals surface area contributed by atoms with Gasteiger partial charge in [-0.1, -0.05) is 6.07 Å². The molecule has 1 fully saturated rings. The molecule has 9 nitrogen and oxygen atoms in total. The van der Waals surface area contributed by atoms with E-state index in [9.17, 15) is 27.6 Å². The van der Waals surface area contributed by atoms with E-state index in [1.165, 1.54) is 18.5 Å². The van der Waals surface area contributed by atoms with Gasteiger partial charge in [0.05, 0.1) is 12.1 Å². The Labute approximate surface area is 239 Å². The number of urea groups is 1. The number of ether oxygens (including phenoxy) is 1. The maximum atomic E-state index is 13.4. The van der Waals surface area contributed by atoms with Crippen molar-refractivity contribution >= 4 is 40.1 Å². The molecule has 5 rings (SSSR count). The molecule has 0 saturated heterocycles. The topological polar surface area (TPSA) is 115 Å². The smallest absolute Gasteiger partial charge is 0.434 e. The minimum atomic E-state index is -4.62. The maximum Gasteiger partial charge on any atom is 0.434 e. The molecule has 2 N–H and O–H groups in total. The van der Waals surface area contributed by atoms with E-state index in [0.717, 1.165) is 29.6 Å². The van der Waals surface area contributed by atoms with Gasteiger partial charge in [0.15, 0.2) is 5.69 Å². The standard InChI is InChI=1S/C28H26F3N5O4S.2H2/c1-3-32-27(39)35-23-10-18(25-34-22(14-41-25)28(29,30)31)19(11-33-23)16-7-8-17-21(9-16)36(12-15-5-6-15)13-20(24(17)37)26(38)40-4-2;;/h7-11,13-15H,3-6,12H2,1-2H3,(H2,32,33,35,39);2*1H. The summed E-state index contributed by atoms with van der Waals surface area (Å²) in [5.74, 6) is -0.157. The van der Waals surface area contributed by atoms with Crippen LogP contribution in [0.5, 0.6) is 0 Å². The highest BCUT2D eigenvalue weighted by atomic mass is 32.1. The van der Waals surface area contributed by atoms with E-state index in [2.05, 4.69) is 20.6 Å². The van der Waals surface area contributed by atoms with Crippen LogP contribution in [0.4, 0.5) is 23.8 Å². The minimum absolute atomic E-state index is 0. The highest BCUT2D eigenvalue weighted by molar-refractivity contribution is 7.13. The van der Waals surface area contributed by atoms with Gasteiger partial charge in [0.1, 0.15) is 16.4 Å². The van der Waals surface area contributed by atoms with Crippen LogP contribution in [0.3, 0.4) is 0 Å². The molecule has 1 aromatic carbocycles. The van der Waals surface area contributed by atoms with Gasteiger partial charge < -0.3 is 14.6 Å². The molecule has 1 aliphatic rings. The van der Waals surface area contributed by atoms with Crippen molar-refractivity contribution in [1.82, 2.24) is 19.9 Å². The summed E-state index contributed by atoms with van der Waals surface area (Å²) in [5.41, 5.74) is 0.369. The summed E-state index contributed by atoms with van der Waals surface area (Å²) in [6.45, 7) is 4.50. The third-order valence-electron chi connectivity index (χ3n) is 6.55. The number of amides is 2. The first kappa shape index (κ1) is 28.3. The van der Waals surface area contributed by atoms with E-state index < -0.39 is 29.3 Å². The molecule has 0 bridgehead atoms. The van der Waals surface area contributed by atoms with E-state index in [1.54, 1.807) is 32.0 Å². The quantitative estimate of drug-likeness (QED) is 0.229. The van der Waals surface area contributed by atoms with Crippen LogP contribution in [0.2, 0.25) is 0 Å². The number of thiazole rings is 1. The predicted octanol–water partition coefficient (Wildman–Crippen LogP) is 6.43. The lowest BCUT2D eigenvalue weighted by Gasteiger charge is -2.15. The molecular weight excluding hydrogens is 559 g/mol. The lowest BCUT2D eigenvalue weighted by Crippen LogP contribution is -2.28. The first-order chi connectivity index (χ1) is 19.6. The van der Waals surface area contributed by atoms with Gasteiger partial charge in [-0.05, 0) is 56.4 Å². The second kappa shape index (κ2) is 11.3. The summed E-state index contributed by atoms with van der Waals surface area (Å²) in [6.07, 6.45) is 0.398. The Morgan fingerprint density at radius 1 is 1.20 bits per heavy atom. The molecule has 0 atom stereocenters. The van der Waals surface area contributed by atoms with Gasteiger partial charge >= 0.3 is 18.2 Å². The fourth-order valence-corrected chi connectivity index (χ4v) is 5.28. The lowest BCUT2D eigenvalue weighted by atomic mass is 9.99. The summed E-state index contributed by atoms with van der Waals surface area (Å²) >= 11 is 0.818. The SMILES string of the molecule is CCNC(=O)Nc1cc(-c2nc(C(F)(F)F)cs2)c(-c2ccc3c(=O)c(C(=O)OCC)cn(CC4CC4)c3c2)cn1.[HH].[HH]. The zero-order valence-corrected chi connectivity index (χ0v) is 23.0. The average molecular weight is 590 g/mol. The number of carbonyl (C=O) groups excluding carboxylic acids is 2. The van der Waals surface area contributed by atoms with Crippen LogP contribution in [0.25, 0.3) is 32.6 Å². The monoisotopic (exact) mass is 589 g/mol. The molecule has 3 heterocycles. The molecule has 218 valence electrons. The fourth-order valence-electron chi connectivity index (χ4n) is 4.42. The summed E-state index contributed by atoms with van der Waals surface area (Å²) in [4.78, 5) is 46.0. The van der Waals surface area contributed by atoms with Crippen molar-refractivity contribution in [2.45, 2.75) is 39.4 Å². The van der Waals surface area contributed by atoms with Gasteiger partial charge in [-0.2, -0.15) is 13.2 Å². The van der Waals surface area contributed by atoms with Gasteiger partial charge in [0.25, 0.3) is 0 Å². The van der Waals surface area contributed by atoms with Crippen molar-refractivity contribution in [2.24, 2.45) is 5.92 Å². The number of hydrogen-bond acceptors (Lipinski definition) is 7. The van der Waals surface area contributed by atoms with Gasteiger partial charge in [0, 0.05) is 50.2 Å². The molecule has 0 aliphatic heterocycles. The van der Waals surface area contributed by atoms with Crippen LogP contribution in [0.15, 0.2) is 46.8 Å². The van der Waals surface area contributed by atoms with Crippen LogP contribution in [-0.4, -0.2) is 39.7 Å². The predicted molar refractivity (Wildman–Crippen MR) is 153 cm³/mol. The second-order valence-corrected chi connectivity index (χ2v) is 10.4. The summed E-state index contributed by atoms with van der Waals surface area (Å²) in [5, 5.41) is 6.49. The Morgan fingerprint density at radius 3 is 2.63 bits per heavy atom. The summed E-state index contributed by atoms with van der Waals surface area (Å²) in [7, 11) is 0. The largest absolute Gasteiger partial charge is 0.462 e. The molecule has 0 unspecified atom stereocenters. The zero-order valence-electron chi connectivity index (χ0n) is 22.2. The van der Waals surface area contributed by atoms with E-state index in [4.69, 9.17) is 4.74 Å². The molecule has 1 saturated carbocycles. The van der Waals surface area contributed by atoms with Gasteiger partial charge in [-0.15, -0.1) is 11.3 Å². The number of halogens is 3. The molecule has 2 amide bonds. The number of esters is 1. The van der Waals surface area contributed by atoms with E-state index in [0.29, 0.717) is 46.6 Å². The number of pyridine rings is 2. The third-order valence-corrected chi connectivity index (χ3v) is 7.42.